The minimum absolute atomic E-state index is 0.0215. The van der Waals surface area contributed by atoms with Crippen LogP contribution in [0.15, 0.2) is 15.7 Å². The Morgan fingerprint density at radius 3 is 2.78 bits per heavy atom. The van der Waals surface area contributed by atoms with Gasteiger partial charge in [-0.25, -0.2) is 4.79 Å². The molecule has 0 aromatic carbocycles. The molecule has 7 nitrogen and oxygen atoms in total. The van der Waals surface area contributed by atoms with Crippen molar-refractivity contribution in [2.75, 3.05) is 13.1 Å². The van der Waals surface area contributed by atoms with Gasteiger partial charge in [0.2, 0.25) is 0 Å². The van der Waals surface area contributed by atoms with Crippen LogP contribution in [0.2, 0.25) is 0 Å². The number of carbonyl (C=O) groups excluding carboxylic acids is 1. The number of nitrogens with one attached hydrogen (secondary N) is 2. The van der Waals surface area contributed by atoms with Crippen LogP contribution in [0.25, 0.3) is 0 Å². The van der Waals surface area contributed by atoms with Crippen LogP contribution >= 0.6 is 0 Å². The normalized spacial score (nSPS) is 23.3. The molecular formula is C11H16N4O3. The number of H-pyrrole nitrogens is 2. The highest BCUT2D eigenvalue weighted by molar-refractivity contribution is 5.92. The number of amides is 1. The average Bonchev–Trinajstić information content (AvgIpc) is 2.68. The topological polar surface area (TPSA) is 112 Å². The van der Waals surface area contributed by atoms with Gasteiger partial charge in [0.15, 0.2) is 0 Å². The maximum Gasteiger partial charge on any atom is 0.326 e. The van der Waals surface area contributed by atoms with Crippen molar-refractivity contribution in [3.8, 4) is 0 Å². The van der Waals surface area contributed by atoms with Gasteiger partial charge in [0.25, 0.3) is 11.5 Å². The summed E-state index contributed by atoms with van der Waals surface area (Å²) < 4.78 is 0. The first-order valence-electron chi connectivity index (χ1n) is 5.86. The Hall–Kier alpha value is -1.89. The second kappa shape index (κ2) is 4.77. The van der Waals surface area contributed by atoms with Crippen LogP contribution in [0, 0.1) is 5.92 Å². The third-order valence-corrected chi connectivity index (χ3v) is 3.25. The van der Waals surface area contributed by atoms with Gasteiger partial charge in [-0.15, -0.1) is 0 Å². The summed E-state index contributed by atoms with van der Waals surface area (Å²) >= 11 is 0. The van der Waals surface area contributed by atoms with E-state index < -0.39 is 11.2 Å². The van der Waals surface area contributed by atoms with Crippen LogP contribution in [0.5, 0.6) is 0 Å². The van der Waals surface area contributed by atoms with Crippen molar-refractivity contribution in [1.29, 1.82) is 0 Å². The molecule has 18 heavy (non-hydrogen) atoms. The summed E-state index contributed by atoms with van der Waals surface area (Å²) in [6, 6.07) is 1.17. The molecule has 0 spiro atoms. The number of hydrogen-bond donors (Lipinski definition) is 3. The van der Waals surface area contributed by atoms with E-state index in [2.05, 4.69) is 4.98 Å². The Bertz CT molecular complexity index is 534. The van der Waals surface area contributed by atoms with Crippen LogP contribution in [0.4, 0.5) is 0 Å². The van der Waals surface area contributed by atoms with Gasteiger partial charge in [-0.05, 0) is 25.8 Å². The Balaban J connectivity index is 2.26. The van der Waals surface area contributed by atoms with E-state index in [9.17, 15) is 14.4 Å². The highest BCUT2D eigenvalue weighted by Gasteiger charge is 2.32. The van der Waals surface area contributed by atoms with Crippen LogP contribution in [-0.2, 0) is 0 Å². The molecule has 1 fully saturated rings. The second-order valence-corrected chi connectivity index (χ2v) is 4.65. The molecule has 2 rings (SSSR count). The first-order chi connectivity index (χ1) is 8.51. The monoisotopic (exact) mass is 252 g/mol. The molecule has 0 saturated carbocycles. The molecule has 1 aromatic rings. The number of aromatic nitrogens is 2. The number of rotatable bonds is 2. The lowest BCUT2D eigenvalue weighted by Gasteiger charge is -2.20. The third kappa shape index (κ3) is 2.35. The average molecular weight is 252 g/mol. The summed E-state index contributed by atoms with van der Waals surface area (Å²) in [5.41, 5.74) is 4.36. The summed E-state index contributed by atoms with van der Waals surface area (Å²) in [4.78, 5) is 40.5. The minimum atomic E-state index is -0.673. The zero-order valence-corrected chi connectivity index (χ0v) is 10.1. The number of hydrogen-bond acceptors (Lipinski definition) is 4. The van der Waals surface area contributed by atoms with Crippen LogP contribution in [0.1, 0.15) is 23.8 Å². The summed E-state index contributed by atoms with van der Waals surface area (Å²) in [7, 11) is 0. The van der Waals surface area contributed by atoms with E-state index >= 15 is 0 Å². The maximum absolute atomic E-state index is 12.2. The van der Waals surface area contributed by atoms with Crippen molar-refractivity contribution in [3.05, 3.63) is 32.6 Å². The zero-order chi connectivity index (χ0) is 13.3. The molecule has 0 radical (unpaired) electrons. The molecule has 2 heterocycles. The summed E-state index contributed by atoms with van der Waals surface area (Å²) in [6.07, 6.45) is 0.843. The highest BCUT2D eigenvalue weighted by atomic mass is 16.2. The SMILES string of the molecule is CC1CC(CN)CN1C(=O)c1cc(=O)[nH]c(=O)[nH]1. The van der Waals surface area contributed by atoms with E-state index in [4.69, 9.17) is 5.73 Å². The molecule has 0 bridgehead atoms. The number of carbonyl (C=O) groups is 1. The molecule has 2 unspecified atom stereocenters. The van der Waals surface area contributed by atoms with Gasteiger partial charge in [0.05, 0.1) is 0 Å². The van der Waals surface area contributed by atoms with Crippen molar-refractivity contribution in [1.82, 2.24) is 14.9 Å². The van der Waals surface area contributed by atoms with Gasteiger partial charge < -0.3 is 15.6 Å². The third-order valence-electron chi connectivity index (χ3n) is 3.25. The standard InChI is InChI=1S/C11H16N4O3/c1-6-2-7(4-12)5-15(6)10(17)8-3-9(16)14-11(18)13-8/h3,6-7H,2,4-5,12H2,1H3,(H2,13,14,16,18). The lowest BCUT2D eigenvalue weighted by molar-refractivity contribution is 0.0736. The molecule has 1 aliphatic rings. The van der Waals surface area contributed by atoms with Crippen molar-refractivity contribution in [3.63, 3.8) is 0 Å². The van der Waals surface area contributed by atoms with Crippen LogP contribution < -0.4 is 17.0 Å². The van der Waals surface area contributed by atoms with Crippen molar-refractivity contribution in [2.24, 2.45) is 11.7 Å². The van der Waals surface area contributed by atoms with Gasteiger partial charge in [0, 0.05) is 18.7 Å². The second-order valence-electron chi connectivity index (χ2n) is 4.65. The van der Waals surface area contributed by atoms with Crippen LogP contribution in [0.3, 0.4) is 0 Å². The quantitative estimate of drug-likeness (QED) is 0.618. The molecule has 1 aromatic heterocycles. The summed E-state index contributed by atoms with van der Waals surface area (Å²) in [6.45, 7) is 3.02. The number of nitrogens with two attached hydrogens (primary N) is 1. The molecule has 7 heteroatoms. The van der Waals surface area contributed by atoms with Crippen molar-refractivity contribution >= 4 is 5.91 Å². The molecule has 1 aliphatic heterocycles. The lowest BCUT2D eigenvalue weighted by Crippen LogP contribution is -2.37. The first-order valence-corrected chi connectivity index (χ1v) is 5.86. The predicted molar refractivity (Wildman–Crippen MR) is 65.3 cm³/mol. The van der Waals surface area contributed by atoms with E-state index in [1.807, 2.05) is 11.9 Å². The zero-order valence-electron chi connectivity index (χ0n) is 10.1. The highest BCUT2D eigenvalue weighted by Crippen LogP contribution is 2.23. The number of nitrogens with zero attached hydrogens (tertiary/aromatic N) is 1. The molecule has 2 atom stereocenters. The lowest BCUT2D eigenvalue weighted by atomic mass is 10.1. The fraction of sp³-hybridized carbons (Fsp3) is 0.545. The van der Waals surface area contributed by atoms with Crippen LogP contribution in [-0.4, -0.2) is 39.9 Å². The fourth-order valence-corrected chi connectivity index (χ4v) is 2.33. The largest absolute Gasteiger partial charge is 0.334 e. The molecule has 1 amide bonds. The maximum atomic E-state index is 12.2. The Kier molecular flexibility index (Phi) is 3.33. The van der Waals surface area contributed by atoms with Gasteiger partial charge in [-0.2, -0.15) is 0 Å². The van der Waals surface area contributed by atoms with Gasteiger partial charge in [0.1, 0.15) is 5.69 Å². The summed E-state index contributed by atoms with van der Waals surface area (Å²) in [5, 5.41) is 0. The Morgan fingerprint density at radius 1 is 1.50 bits per heavy atom. The van der Waals surface area contributed by atoms with E-state index in [-0.39, 0.29) is 23.6 Å². The molecule has 4 N–H and O–H groups in total. The smallest absolute Gasteiger partial charge is 0.326 e. The fourth-order valence-electron chi connectivity index (χ4n) is 2.33. The summed E-state index contributed by atoms with van der Waals surface area (Å²) in [5.74, 6) is -0.0562. The van der Waals surface area contributed by atoms with Crippen molar-refractivity contribution in [2.45, 2.75) is 19.4 Å². The van der Waals surface area contributed by atoms with E-state index in [1.165, 1.54) is 0 Å². The number of aromatic amines is 2. The van der Waals surface area contributed by atoms with Crippen molar-refractivity contribution < 1.29 is 4.79 Å². The molecule has 98 valence electrons. The van der Waals surface area contributed by atoms with Gasteiger partial charge in [-0.1, -0.05) is 0 Å². The molecule has 0 aliphatic carbocycles. The van der Waals surface area contributed by atoms with E-state index in [0.717, 1.165) is 12.5 Å². The number of likely N-dealkylation sites (tertiary alicyclic amines) is 1. The van der Waals surface area contributed by atoms with E-state index in [1.54, 1.807) is 4.90 Å². The molecular weight excluding hydrogens is 236 g/mol. The Morgan fingerprint density at radius 2 is 2.22 bits per heavy atom. The molecule has 1 saturated heterocycles. The Labute approximate surface area is 103 Å². The van der Waals surface area contributed by atoms with Gasteiger partial charge in [-0.3, -0.25) is 14.6 Å². The minimum Gasteiger partial charge on any atom is -0.334 e. The van der Waals surface area contributed by atoms with E-state index in [0.29, 0.717) is 13.1 Å². The first kappa shape index (κ1) is 12.6. The predicted octanol–water partition coefficient (Wildman–Crippen LogP) is -1.13. The van der Waals surface area contributed by atoms with Gasteiger partial charge >= 0.3 is 5.69 Å².